The van der Waals surface area contributed by atoms with Crippen LogP contribution in [-0.4, -0.2) is 26.1 Å². The van der Waals surface area contributed by atoms with Gasteiger partial charge >= 0.3 is 5.97 Å². The summed E-state index contributed by atoms with van der Waals surface area (Å²) in [7, 11) is 0. The molecule has 0 amide bonds. The predicted octanol–water partition coefficient (Wildman–Crippen LogP) is 1.61. The molecule has 0 aliphatic rings. The molecular weight excluding hydrogens is 206 g/mol. The fraction of sp³-hybridized carbons (Fsp3) is 0. The van der Waals surface area contributed by atoms with Crippen molar-refractivity contribution in [2.45, 2.75) is 0 Å². The molecule has 0 aliphatic carbocycles. The lowest BCUT2D eigenvalue weighted by Crippen LogP contribution is -2.05. The first-order chi connectivity index (χ1) is 7.74. The molecule has 2 aromatic rings. The SMILES string of the molecule is C=Cc1c(C(=O)O)cccc1-n1ccnn1. The van der Waals surface area contributed by atoms with Gasteiger partial charge in [0.2, 0.25) is 0 Å². The van der Waals surface area contributed by atoms with Gasteiger partial charge in [-0.25, -0.2) is 9.48 Å². The van der Waals surface area contributed by atoms with E-state index in [2.05, 4.69) is 16.9 Å². The normalized spacial score (nSPS) is 10.0. The van der Waals surface area contributed by atoms with Crippen LogP contribution in [0.2, 0.25) is 0 Å². The Labute approximate surface area is 91.6 Å². The number of rotatable bonds is 3. The molecule has 1 aromatic carbocycles. The van der Waals surface area contributed by atoms with Gasteiger partial charge in [0.05, 0.1) is 23.6 Å². The molecule has 1 heterocycles. The van der Waals surface area contributed by atoms with Crippen LogP contribution in [0.4, 0.5) is 0 Å². The molecule has 0 spiro atoms. The van der Waals surface area contributed by atoms with Crippen LogP contribution in [0.1, 0.15) is 15.9 Å². The molecule has 0 unspecified atom stereocenters. The Balaban J connectivity index is 2.67. The Bertz CT molecular complexity index is 532. The van der Waals surface area contributed by atoms with Crippen molar-refractivity contribution in [2.75, 3.05) is 0 Å². The van der Waals surface area contributed by atoms with E-state index < -0.39 is 5.97 Å². The minimum absolute atomic E-state index is 0.197. The van der Waals surface area contributed by atoms with Crippen LogP contribution in [0.15, 0.2) is 37.2 Å². The van der Waals surface area contributed by atoms with E-state index in [0.717, 1.165) is 0 Å². The molecule has 1 N–H and O–H groups in total. The highest BCUT2D eigenvalue weighted by Crippen LogP contribution is 2.19. The third-order valence-corrected chi connectivity index (χ3v) is 2.19. The van der Waals surface area contributed by atoms with E-state index in [4.69, 9.17) is 5.11 Å². The Hall–Kier alpha value is -2.43. The fourth-order valence-electron chi connectivity index (χ4n) is 1.49. The zero-order chi connectivity index (χ0) is 11.5. The maximum absolute atomic E-state index is 11.0. The maximum atomic E-state index is 11.0. The molecule has 2 rings (SSSR count). The quantitative estimate of drug-likeness (QED) is 0.844. The van der Waals surface area contributed by atoms with Crippen molar-refractivity contribution < 1.29 is 9.90 Å². The standard InChI is InChI=1S/C11H9N3O2/c1-2-8-9(11(15)16)4-3-5-10(8)14-7-6-12-13-14/h2-7H,1H2,(H,15,16). The second-order valence-electron chi connectivity index (χ2n) is 3.10. The molecule has 0 saturated carbocycles. The summed E-state index contributed by atoms with van der Waals surface area (Å²) in [5.74, 6) is -0.989. The molecule has 0 fully saturated rings. The van der Waals surface area contributed by atoms with Crippen molar-refractivity contribution in [3.63, 3.8) is 0 Å². The Morgan fingerprint density at radius 1 is 1.50 bits per heavy atom. The zero-order valence-electron chi connectivity index (χ0n) is 8.37. The van der Waals surface area contributed by atoms with Gasteiger partial charge < -0.3 is 5.11 Å². The molecule has 1 aromatic heterocycles. The van der Waals surface area contributed by atoms with E-state index in [-0.39, 0.29) is 5.56 Å². The lowest BCUT2D eigenvalue weighted by molar-refractivity contribution is 0.0696. The summed E-state index contributed by atoms with van der Waals surface area (Å²) < 4.78 is 1.50. The van der Waals surface area contributed by atoms with Crippen LogP contribution in [0.25, 0.3) is 11.8 Å². The number of aromatic nitrogens is 3. The monoisotopic (exact) mass is 215 g/mol. The molecular formula is C11H9N3O2. The smallest absolute Gasteiger partial charge is 0.336 e. The van der Waals surface area contributed by atoms with E-state index in [9.17, 15) is 4.79 Å². The molecule has 80 valence electrons. The molecule has 0 bridgehead atoms. The number of hydrogen-bond donors (Lipinski definition) is 1. The minimum Gasteiger partial charge on any atom is -0.478 e. The first kappa shape index (κ1) is 10.1. The molecule has 0 atom stereocenters. The van der Waals surface area contributed by atoms with Gasteiger partial charge in [0, 0.05) is 5.56 Å². The molecule has 16 heavy (non-hydrogen) atoms. The van der Waals surface area contributed by atoms with Gasteiger partial charge in [-0.2, -0.15) is 0 Å². The average molecular weight is 215 g/mol. The van der Waals surface area contributed by atoms with Crippen LogP contribution < -0.4 is 0 Å². The maximum Gasteiger partial charge on any atom is 0.336 e. The molecule has 5 nitrogen and oxygen atoms in total. The summed E-state index contributed by atoms with van der Waals surface area (Å²) >= 11 is 0. The number of nitrogens with zero attached hydrogens (tertiary/aromatic N) is 3. The number of carbonyl (C=O) groups is 1. The van der Waals surface area contributed by atoms with E-state index in [1.54, 1.807) is 18.3 Å². The van der Waals surface area contributed by atoms with Gasteiger partial charge in [-0.3, -0.25) is 0 Å². The van der Waals surface area contributed by atoms with Gasteiger partial charge in [-0.1, -0.05) is 23.9 Å². The summed E-state index contributed by atoms with van der Waals surface area (Å²) in [4.78, 5) is 11.0. The van der Waals surface area contributed by atoms with Gasteiger partial charge in [0.1, 0.15) is 0 Å². The Morgan fingerprint density at radius 2 is 2.31 bits per heavy atom. The van der Waals surface area contributed by atoms with Gasteiger partial charge in [0.25, 0.3) is 0 Å². The highest BCUT2D eigenvalue weighted by atomic mass is 16.4. The van der Waals surface area contributed by atoms with Gasteiger partial charge in [-0.15, -0.1) is 5.10 Å². The minimum atomic E-state index is -0.989. The van der Waals surface area contributed by atoms with E-state index in [0.29, 0.717) is 11.3 Å². The van der Waals surface area contributed by atoms with Crippen LogP contribution >= 0.6 is 0 Å². The van der Waals surface area contributed by atoms with Crippen LogP contribution in [-0.2, 0) is 0 Å². The summed E-state index contributed by atoms with van der Waals surface area (Å²) in [5, 5.41) is 16.5. The Kier molecular flexibility index (Phi) is 2.51. The third kappa shape index (κ3) is 1.58. The number of carboxylic acid groups (broad SMARTS) is 1. The van der Waals surface area contributed by atoms with Crippen LogP contribution in [0.5, 0.6) is 0 Å². The predicted molar refractivity (Wildman–Crippen MR) is 58.4 cm³/mol. The summed E-state index contributed by atoms with van der Waals surface area (Å²) in [6.07, 6.45) is 4.68. The lowest BCUT2D eigenvalue weighted by atomic mass is 10.1. The van der Waals surface area contributed by atoms with Crippen LogP contribution in [0, 0.1) is 0 Å². The highest BCUT2D eigenvalue weighted by Gasteiger charge is 2.12. The second kappa shape index (κ2) is 3.98. The zero-order valence-corrected chi connectivity index (χ0v) is 8.37. The Morgan fingerprint density at radius 3 is 2.88 bits per heavy atom. The van der Waals surface area contributed by atoms with E-state index in [1.807, 2.05) is 0 Å². The number of carboxylic acids is 1. The van der Waals surface area contributed by atoms with Crippen LogP contribution in [0.3, 0.4) is 0 Å². The molecule has 0 radical (unpaired) electrons. The average Bonchev–Trinajstić information content (AvgIpc) is 2.81. The number of aromatic carboxylic acids is 1. The van der Waals surface area contributed by atoms with Crippen molar-refractivity contribution in [3.8, 4) is 5.69 Å². The van der Waals surface area contributed by atoms with Gasteiger partial charge in [0.15, 0.2) is 0 Å². The molecule has 0 aliphatic heterocycles. The van der Waals surface area contributed by atoms with Crippen molar-refractivity contribution in [1.29, 1.82) is 0 Å². The first-order valence-electron chi connectivity index (χ1n) is 4.59. The molecule has 5 heteroatoms. The summed E-state index contributed by atoms with van der Waals surface area (Å²) in [5.41, 5.74) is 1.37. The van der Waals surface area contributed by atoms with Crippen molar-refractivity contribution in [3.05, 3.63) is 48.3 Å². The van der Waals surface area contributed by atoms with Crippen molar-refractivity contribution in [2.24, 2.45) is 0 Å². The second-order valence-corrected chi connectivity index (χ2v) is 3.10. The molecule has 0 saturated heterocycles. The van der Waals surface area contributed by atoms with Crippen molar-refractivity contribution in [1.82, 2.24) is 15.0 Å². The summed E-state index contributed by atoms with van der Waals surface area (Å²) in [6.45, 7) is 3.62. The fourth-order valence-corrected chi connectivity index (χ4v) is 1.49. The number of hydrogen-bond acceptors (Lipinski definition) is 3. The van der Waals surface area contributed by atoms with E-state index in [1.165, 1.54) is 23.0 Å². The number of benzene rings is 1. The first-order valence-corrected chi connectivity index (χ1v) is 4.59. The topological polar surface area (TPSA) is 68.0 Å². The highest BCUT2D eigenvalue weighted by molar-refractivity contribution is 5.93. The summed E-state index contributed by atoms with van der Waals surface area (Å²) in [6, 6.07) is 4.95. The van der Waals surface area contributed by atoms with E-state index >= 15 is 0 Å². The largest absolute Gasteiger partial charge is 0.478 e. The lowest BCUT2D eigenvalue weighted by Gasteiger charge is -2.07. The van der Waals surface area contributed by atoms with Gasteiger partial charge in [-0.05, 0) is 12.1 Å². The van der Waals surface area contributed by atoms with Crippen molar-refractivity contribution >= 4 is 12.0 Å². The third-order valence-electron chi connectivity index (χ3n) is 2.19.